The van der Waals surface area contributed by atoms with E-state index in [4.69, 9.17) is 4.74 Å². The van der Waals surface area contributed by atoms with Gasteiger partial charge in [0.05, 0.1) is 12.6 Å². The molecule has 24 heavy (non-hydrogen) atoms. The van der Waals surface area contributed by atoms with Gasteiger partial charge >= 0.3 is 0 Å². The number of nitriles is 1. The van der Waals surface area contributed by atoms with Crippen LogP contribution in [0.15, 0.2) is 12.4 Å². The van der Waals surface area contributed by atoms with Crippen molar-refractivity contribution in [3.05, 3.63) is 23.5 Å². The average Bonchev–Trinajstić information content (AvgIpc) is 2.82. The smallest absolute Gasteiger partial charge is 0.259 e. The number of nitrogens with zero attached hydrogens (tertiary/aromatic N) is 3. The molecule has 0 aromatic carbocycles. The molecule has 126 valence electrons. The predicted octanol–water partition coefficient (Wildman–Crippen LogP) is 2.81. The van der Waals surface area contributed by atoms with Gasteiger partial charge in [0.25, 0.3) is 5.92 Å². The van der Waals surface area contributed by atoms with Crippen LogP contribution in [0.2, 0.25) is 0 Å². The van der Waals surface area contributed by atoms with E-state index in [1.807, 2.05) is 6.07 Å². The zero-order chi connectivity index (χ0) is 17.1. The Balaban J connectivity index is 1.72. The maximum absolute atomic E-state index is 14.2. The Bertz CT molecular complexity index is 749. The van der Waals surface area contributed by atoms with Crippen molar-refractivity contribution in [3.8, 4) is 11.8 Å². The van der Waals surface area contributed by atoms with E-state index in [0.29, 0.717) is 29.7 Å². The summed E-state index contributed by atoms with van der Waals surface area (Å²) < 4.78 is 34.1. The molecule has 2 bridgehead atoms. The number of fused-ring (bicyclic) bond motifs is 4. The van der Waals surface area contributed by atoms with Gasteiger partial charge in [0, 0.05) is 31.3 Å². The summed E-state index contributed by atoms with van der Waals surface area (Å²) in [7, 11) is 0. The van der Waals surface area contributed by atoms with Crippen molar-refractivity contribution in [2.24, 2.45) is 5.41 Å². The van der Waals surface area contributed by atoms with Crippen LogP contribution >= 0.6 is 0 Å². The van der Waals surface area contributed by atoms with Crippen LogP contribution in [-0.4, -0.2) is 34.4 Å². The molecule has 4 rings (SSSR count). The quantitative estimate of drug-likeness (QED) is 0.835. The van der Waals surface area contributed by atoms with Crippen LogP contribution in [0.25, 0.3) is 0 Å². The molecule has 2 atom stereocenters. The van der Waals surface area contributed by atoms with Gasteiger partial charge in [0.15, 0.2) is 0 Å². The molecule has 0 spiro atoms. The number of amides is 1. The number of hydrogen-bond acceptors (Lipinski definition) is 4. The summed E-state index contributed by atoms with van der Waals surface area (Å²) in [6.45, 7) is 1.12. The molecular weight excluding hydrogens is 316 g/mol. The van der Waals surface area contributed by atoms with E-state index in [-0.39, 0.29) is 31.5 Å². The van der Waals surface area contributed by atoms with Crippen LogP contribution in [0.3, 0.4) is 0 Å². The van der Waals surface area contributed by atoms with E-state index >= 15 is 0 Å². The number of likely N-dealkylation sites (tertiary alicyclic amines) is 1. The van der Waals surface area contributed by atoms with E-state index in [1.165, 1.54) is 11.1 Å². The molecule has 2 fully saturated rings. The Morgan fingerprint density at radius 2 is 2.25 bits per heavy atom. The highest BCUT2D eigenvalue weighted by atomic mass is 19.3. The van der Waals surface area contributed by atoms with E-state index in [9.17, 15) is 18.8 Å². The molecule has 0 unspecified atom stereocenters. The van der Waals surface area contributed by atoms with E-state index in [1.54, 1.807) is 6.20 Å². The SMILES string of the molecule is CC(F)(F)C1(C(=O)N2C[C@@H]3C[C@H]2c2cncc(C#N)c2O3)CCC1. The lowest BCUT2D eigenvalue weighted by Gasteiger charge is -2.47. The molecular formula is C17H17F2N3O2. The second-order valence-corrected chi connectivity index (χ2v) is 6.99. The number of ether oxygens (including phenoxy) is 1. The van der Waals surface area contributed by atoms with Crippen molar-refractivity contribution in [3.63, 3.8) is 0 Å². The molecule has 5 nitrogen and oxygen atoms in total. The number of aromatic nitrogens is 1. The van der Waals surface area contributed by atoms with Crippen LogP contribution in [0.4, 0.5) is 8.78 Å². The minimum Gasteiger partial charge on any atom is -0.487 e. The fourth-order valence-corrected chi connectivity index (χ4v) is 4.13. The molecule has 1 saturated heterocycles. The Labute approximate surface area is 138 Å². The Kier molecular flexibility index (Phi) is 3.11. The first-order chi connectivity index (χ1) is 11.4. The molecule has 1 aromatic rings. The number of halogens is 2. The second kappa shape index (κ2) is 4.88. The van der Waals surface area contributed by atoms with E-state index in [0.717, 1.165) is 6.92 Å². The lowest BCUT2D eigenvalue weighted by atomic mass is 9.63. The van der Waals surface area contributed by atoms with Gasteiger partial charge in [0.2, 0.25) is 5.91 Å². The van der Waals surface area contributed by atoms with Gasteiger partial charge in [-0.1, -0.05) is 6.42 Å². The Hall–Kier alpha value is -2.23. The van der Waals surface area contributed by atoms with Crippen LogP contribution in [0.1, 0.15) is 49.8 Å². The van der Waals surface area contributed by atoms with Gasteiger partial charge in [-0.15, -0.1) is 0 Å². The predicted molar refractivity (Wildman–Crippen MR) is 79.3 cm³/mol. The molecule has 1 aromatic heterocycles. The van der Waals surface area contributed by atoms with Crippen LogP contribution in [0.5, 0.6) is 5.75 Å². The highest BCUT2D eigenvalue weighted by Gasteiger charge is 2.62. The Morgan fingerprint density at radius 1 is 1.50 bits per heavy atom. The third kappa shape index (κ3) is 1.89. The first-order valence-corrected chi connectivity index (χ1v) is 8.11. The van der Waals surface area contributed by atoms with Gasteiger partial charge in [-0.3, -0.25) is 9.78 Å². The van der Waals surface area contributed by atoms with Crippen molar-refractivity contribution >= 4 is 5.91 Å². The summed E-state index contributed by atoms with van der Waals surface area (Å²) in [6, 6.07) is 1.69. The number of rotatable bonds is 2. The second-order valence-electron chi connectivity index (χ2n) is 6.99. The molecule has 0 radical (unpaired) electrons. The number of hydrogen-bond donors (Lipinski definition) is 0. The van der Waals surface area contributed by atoms with Gasteiger partial charge in [-0.05, 0) is 12.8 Å². The molecule has 3 aliphatic rings. The minimum absolute atomic E-state index is 0.216. The molecule has 2 aliphatic heterocycles. The van der Waals surface area contributed by atoms with Crippen molar-refractivity contribution in [2.45, 2.75) is 50.7 Å². The molecule has 1 aliphatic carbocycles. The Morgan fingerprint density at radius 3 is 2.83 bits per heavy atom. The van der Waals surface area contributed by atoms with Crippen LogP contribution in [-0.2, 0) is 4.79 Å². The summed E-state index contributed by atoms with van der Waals surface area (Å²) in [5.41, 5.74) is -0.633. The lowest BCUT2D eigenvalue weighted by molar-refractivity contribution is -0.186. The number of pyridine rings is 1. The van der Waals surface area contributed by atoms with Crippen LogP contribution in [0, 0.1) is 16.7 Å². The number of carbonyl (C=O) groups is 1. The lowest BCUT2D eigenvalue weighted by Crippen LogP contribution is -2.56. The molecule has 1 saturated carbocycles. The largest absolute Gasteiger partial charge is 0.487 e. The highest BCUT2D eigenvalue weighted by Crippen LogP contribution is 2.55. The summed E-state index contributed by atoms with van der Waals surface area (Å²) >= 11 is 0. The maximum Gasteiger partial charge on any atom is 0.259 e. The average molecular weight is 333 g/mol. The maximum atomic E-state index is 14.2. The van der Waals surface area contributed by atoms with Crippen molar-refractivity contribution in [2.75, 3.05) is 6.54 Å². The third-order valence-corrected chi connectivity index (χ3v) is 5.67. The first-order valence-electron chi connectivity index (χ1n) is 8.11. The third-order valence-electron chi connectivity index (χ3n) is 5.67. The molecule has 7 heteroatoms. The highest BCUT2D eigenvalue weighted by molar-refractivity contribution is 5.86. The van der Waals surface area contributed by atoms with Crippen molar-refractivity contribution < 1.29 is 18.3 Å². The normalized spacial score (nSPS) is 26.8. The zero-order valence-electron chi connectivity index (χ0n) is 13.3. The minimum atomic E-state index is -3.05. The zero-order valence-corrected chi connectivity index (χ0v) is 13.3. The fraction of sp³-hybridized carbons (Fsp3) is 0.588. The fourth-order valence-electron chi connectivity index (χ4n) is 4.13. The van der Waals surface area contributed by atoms with Gasteiger partial charge < -0.3 is 9.64 Å². The van der Waals surface area contributed by atoms with Crippen molar-refractivity contribution in [1.29, 1.82) is 5.26 Å². The first kappa shape index (κ1) is 15.3. The summed E-state index contributed by atoms with van der Waals surface area (Å²) in [5, 5.41) is 9.20. The molecule has 1 amide bonds. The standard InChI is InChI=1S/C17H17F2N3O2/c1-16(18,19)17(3-2-4-17)15(23)22-9-11-5-13(22)12-8-21-7-10(6-20)14(12)24-11/h7-8,11,13H,2-5,9H2,1H3/t11-,13-/m0/s1. The topological polar surface area (TPSA) is 66.2 Å². The van der Waals surface area contributed by atoms with E-state index < -0.39 is 17.2 Å². The van der Waals surface area contributed by atoms with Gasteiger partial charge in [-0.2, -0.15) is 5.26 Å². The van der Waals surface area contributed by atoms with E-state index in [2.05, 4.69) is 4.98 Å². The van der Waals surface area contributed by atoms with Gasteiger partial charge in [0.1, 0.15) is 28.9 Å². The summed E-state index contributed by atoms with van der Waals surface area (Å²) in [6.07, 6.45) is 4.36. The number of alkyl halides is 2. The van der Waals surface area contributed by atoms with Crippen LogP contribution < -0.4 is 4.74 Å². The molecule has 3 heterocycles. The summed E-state index contributed by atoms with van der Waals surface area (Å²) in [4.78, 5) is 18.6. The molecule has 0 N–H and O–H groups in total. The summed E-state index contributed by atoms with van der Waals surface area (Å²) in [5.74, 6) is -3.10. The van der Waals surface area contributed by atoms with Gasteiger partial charge in [-0.25, -0.2) is 8.78 Å². The number of carbonyl (C=O) groups excluding carboxylic acids is 1. The monoisotopic (exact) mass is 333 g/mol. The van der Waals surface area contributed by atoms with Crippen molar-refractivity contribution in [1.82, 2.24) is 9.88 Å².